The second-order valence-electron chi connectivity index (χ2n) is 4.96. The lowest BCUT2D eigenvalue weighted by Gasteiger charge is -2.36. The fraction of sp³-hybridized carbons (Fsp3) is 0.533. The monoisotopic (exact) mass is 243 g/mol. The molecule has 1 aliphatic rings. The van der Waals surface area contributed by atoms with Gasteiger partial charge in [-0.05, 0) is 38.0 Å². The van der Waals surface area contributed by atoms with E-state index in [9.17, 15) is 0 Å². The van der Waals surface area contributed by atoms with Crippen molar-refractivity contribution in [2.24, 2.45) is 0 Å². The predicted molar refractivity (Wildman–Crippen MR) is 75.5 cm³/mol. The first-order valence-electron chi connectivity index (χ1n) is 6.82. The maximum absolute atomic E-state index is 8.88. The molecule has 1 fully saturated rings. The Morgan fingerprint density at radius 3 is 2.61 bits per heavy atom. The number of hydrogen-bond donors (Lipinski definition) is 1. The molecule has 0 radical (unpaired) electrons. The first kappa shape index (κ1) is 12.8. The van der Waals surface area contributed by atoms with Crippen LogP contribution in [0.2, 0.25) is 0 Å². The van der Waals surface area contributed by atoms with E-state index in [1.807, 2.05) is 12.1 Å². The van der Waals surface area contributed by atoms with Gasteiger partial charge in [0.25, 0.3) is 0 Å². The lowest BCUT2D eigenvalue weighted by atomic mass is 9.93. The zero-order valence-electron chi connectivity index (χ0n) is 11.0. The molecule has 0 aliphatic heterocycles. The molecule has 0 saturated heterocycles. The summed E-state index contributed by atoms with van der Waals surface area (Å²) < 4.78 is 0. The van der Waals surface area contributed by atoms with Gasteiger partial charge in [-0.25, -0.2) is 0 Å². The fourth-order valence-corrected chi connectivity index (χ4v) is 2.90. The molecule has 2 N–H and O–H groups in total. The molecule has 0 aromatic heterocycles. The molecular weight excluding hydrogens is 222 g/mol. The Balaban J connectivity index is 2.24. The zero-order chi connectivity index (χ0) is 13.0. The number of nitrogens with zero attached hydrogens (tertiary/aromatic N) is 2. The molecule has 3 nitrogen and oxygen atoms in total. The molecule has 0 spiro atoms. The predicted octanol–water partition coefficient (Wildman–Crippen LogP) is 3.30. The first-order chi connectivity index (χ1) is 8.76. The Bertz CT molecular complexity index is 442. The van der Waals surface area contributed by atoms with E-state index in [-0.39, 0.29) is 0 Å². The topological polar surface area (TPSA) is 53.0 Å². The Morgan fingerprint density at radius 1 is 1.33 bits per heavy atom. The molecule has 2 rings (SSSR count). The first-order valence-corrected chi connectivity index (χ1v) is 6.82. The molecule has 1 aliphatic carbocycles. The third-order valence-electron chi connectivity index (χ3n) is 3.82. The lowest BCUT2D eigenvalue weighted by Crippen LogP contribution is -2.37. The Labute approximate surface area is 109 Å². The van der Waals surface area contributed by atoms with Crippen molar-refractivity contribution in [3.63, 3.8) is 0 Å². The number of hydrogen-bond acceptors (Lipinski definition) is 3. The van der Waals surface area contributed by atoms with Gasteiger partial charge in [0.15, 0.2) is 0 Å². The molecule has 0 amide bonds. The summed E-state index contributed by atoms with van der Waals surface area (Å²) in [4.78, 5) is 2.40. The highest BCUT2D eigenvalue weighted by atomic mass is 15.2. The highest BCUT2D eigenvalue weighted by molar-refractivity contribution is 5.70. The van der Waals surface area contributed by atoms with Gasteiger partial charge in [-0.15, -0.1) is 0 Å². The van der Waals surface area contributed by atoms with Crippen LogP contribution in [-0.4, -0.2) is 12.6 Å². The minimum Gasteiger partial charge on any atom is -0.397 e. The molecule has 0 bridgehead atoms. The van der Waals surface area contributed by atoms with Crippen molar-refractivity contribution in [1.29, 1.82) is 5.26 Å². The number of anilines is 2. The average molecular weight is 243 g/mol. The second kappa shape index (κ2) is 5.77. The van der Waals surface area contributed by atoms with Crippen molar-refractivity contribution in [2.45, 2.75) is 45.1 Å². The molecule has 0 unspecified atom stereocenters. The van der Waals surface area contributed by atoms with Gasteiger partial charge in [0.1, 0.15) is 0 Å². The Morgan fingerprint density at radius 2 is 2.06 bits per heavy atom. The summed E-state index contributed by atoms with van der Waals surface area (Å²) in [5, 5.41) is 8.88. The Kier molecular flexibility index (Phi) is 4.09. The molecule has 0 heterocycles. The molecule has 0 atom stereocenters. The molecule has 3 heteroatoms. The lowest BCUT2D eigenvalue weighted by molar-refractivity contribution is 0.418. The number of benzene rings is 1. The van der Waals surface area contributed by atoms with Crippen LogP contribution in [0.3, 0.4) is 0 Å². The normalized spacial score (nSPS) is 16.2. The van der Waals surface area contributed by atoms with Crippen molar-refractivity contribution in [3.05, 3.63) is 23.8 Å². The highest BCUT2D eigenvalue weighted by Crippen LogP contribution is 2.31. The van der Waals surface area contributed by atoms with E-state index in [1.54, 1.807) is 6.07 Å². The zero-order valence-corrected chi connectivity index (χ0v) is 11.0. The van der Waals surface area contributed by atoms with Crippen LogP contribution in [0.5, 0.6) is 0 Å². The van der Waals surface area contributed by atoms with E-state index in [1.165, 1.54) is 32.1 Å². The van der Waals surface area contributed by atoms with E-state index in [4.69, 9.17) is 11.0 Å². The quantitative estimate of drug-likeness (QED) is 0.829. The summed E-state index contributed by atoms with van der Waals surface area (Å²) in [5.74, 6) is 0. The minimum atomic E-state index is 0.610. The molecule has 1 saturated carbocycles. The van der Waals surface area contributed by atoms with Gasteiger partial charge in [0, 0.05) is 12.6 Å². The van der Waals surface area contributed by atoms with Crippen LogP contribution in [0.1, 0.15) is 44.6 Å². The van der Waals surface area contributed by atoms with Crippen LogP contribution in [0.4, 0.5) is 11.4 Å². The SMILES string of the molecule is CCN(c1ccc(C#N)cc1N)C1CCCCC1. The van der Waals surface area contributed by atoms with Crippen molar-refractivity contribution in [2.75, 3.05) is 17.2 Å². The van der Waals surface area contributed by atoms with Crippen molar-refractivity contribution >= 4 is 11.4 Å². The van der Waals surface area contributed by atoms with E-state index < -0.39 is 0 Å². The second-order valence-corrected chi connectivity index (χ2v) is 4.96. The van der Waals surface area contributed by atoms with Gasteiger partial charge in [-0.3, -0.25) is 0 Å². The van der Waals surface area contributed by atoms with Crippen LogP contribution in [0, 0.1) is 11.3 Å². The molecule has 96 valence electrons. The largest absolute Gasteiger partial charge is 0.397 e. The summed E-state index contributed by atoms with van der Waals surface area (Å²) in [5.41, 5.74) is 8.53. The van der Waals surface area contributed by atoms with E-state index in [0.29, 0.717) is 11.6 Å². The summed E-state index contributed by atoms with van der Waals surface area (Å²) in [6.07, 6.45) is 6.51. The summed E-state index contributed by atoms with van der Waals surface area (Å²) in [6.45, 7) is 3.15. The van der Waals surface area contributed by atoms with Crippen LogP contribution in [-0.2, 0) is 0 Å². The molecule has 1 aromatic rings. The average Bonchev–Trinajstić information content (AvgIpc) is 2.42. The van der Waals surface area contributed by atoms with Crippen LogP contribution in [0.25, 0.3) is 0 Å². The summed E-state index contributed by atoms with van der Waals surface area (Å²) in [7, 11) is 0. The smallest absolute Gasteiger partial charge is 0.0992 e. The molecule has 1 aromatic carbocycles. The van der Waals surface area contributed by atoms with E-state index in [0.717, 1.165) is 17.9 Å². The van der Waals surface area contributed by atoms with E-state index >= 15 is 0 Å². The van der Waals surface area contributed by atoms with Crippen LogP contribution in [0.15, 0.2) is 18.2 Å². The van der Waals surface area contributed by atoms with Crippen LogP contribution >= 0.6 is 0 Å². The molecule has 18 heavy (non-hydrogen) atoms. The standard InChI is InChI=1S/C15H21N3/c1-2-18(13-6-4-3-5-7-13)15-9-8-12(11-16)10-14(15)17/h8-10,13H,2-7,17H2,1H3. The summed E-state index contributed by atoms with van der Waals surface area (Å²) >= 11 is 0. The van der Waals surface area contributed by atoms with Gasteiger partial charge in [-0.2, -0.15) is 5.26 Å². The molecular formula is C15H21N3. The number of rotatable bonds is 3. The number of nitrogens with two attached hydrogens (primary N) is 1. The van der Waals surface area contributed by atoms with Gasteiger partial charge >= 0.3 is 0 Å². The van der Waals surface area contributed by atoms with Crippen LogP contribution < -0.4 is 10.6 Å². The highest BCUT2D eigenvalue weighted by Gasteiger charge is 2.21. The maximum atomic E-state index is 8.88. The van der Waals surface area contributed by atoms with Gasteiger partial charge in [-0.1, -0.05) is 19.3 Å². The third-order valence-corrected chi connectivity index (χ3v) is 3.82. The Hall–Kier alpha value is -1.69. The fourth-order valence-electron chi connectivity index (χ4n) is 2.90. The third kappa shape index (κ3) is 2.59. The summed E-state index contributed by atoms with van der Waals surface area (Å²) in [6, 6.07) is 8.37. The van der Waals surface area contributed by atoms with Gasteiger partial charge in [0.05, 0.1) is 23.0 Å². The maximum Gasteiger partial charge on any atom is 0.0992 e. The van der Waals surface area contributed by atoms with Gasteiger partial charge in [0.2, 0.25) is 0 Å². The van der Waals surface area contributed by atoms with Crippen molar-refractivity contribution < 1.29 is 0 Å². The van der Waals surface area contributed by atoms with E-state index in [2.05, 4.69) is 17.9 Å². The van der Waals surface area contributed by atoms with Gasteiger partial charge < -0.3 is 10.6 Å². The number of nitrogen functional groups attached to an aromatic ring is 1. The van der Waals surface area contributed by atoms with Crippen molar-refractivity contribution in [3.8, 4) is 6.07 Å². The minimum absolute atomic E-state index is 0.610. The van der Waals surface area contributed by atoms with Crippen molar-refractivity contribution in [1.82, 2.24) is 0 Å². The number of nitriles is 1.